The van der Waals surface area contributed by atoms with Gasteiger partial charge in [-0.1, -0.05) is 184 Å². The summed E-state index contributed by atoms with van der Waals surface area (Å²) in [6.45, 7) is 4.70. The summed E-state index contributed by atoms with van der Waals surface area (Å²) in [6, 6.07) is 62.6. The van der Waals surface area contributed by atoms with E-state index >= 15 is 0 Å². The average Bonchev–Trinajstić information content (AvgIpc) is 3.46. The van der Waals surface area contributed by atoms with Gasteiger partial charge in [-0.3, -0.25) is 0 Å². The molecule has 1 aromatic heterocycles. The molecule has 0 saturated carbocycles. The summed E-state index contributed by atoms with van der Waals surface area (Å²) in [7, 11) is 0. The van der Waals surface area contributed by atoms with Crippen molar-refractivity contribution in [2.45, 2.75) is 19.3 Å². The van der Waals surface area contributed by atoms with Crippen molar-refractivity contribution in [3.8, 4) is 67.5 Å². The minimum absolute atomic E-state index is 0.116. The second-order valence-electron chi connectivity index (χ2n) is 14.4. The van der Waals surface area contributed by atoms with E-state index in [0.29, 0.717) is 17.5 Å². The summed E-state index contributed by atoms with van der Waals surface area (Å²) in [6.07, 6.45) is 0. The molecular weight excluding hydrogens is 643 g/mol. The minimum Gasteiger partial charge on any atom is -0.208 e. The van der Waals surface area contributed by atoms with Crippen LogP contribution in [0.25, 0.3) is 89.1 Å². The van der Waals surface area contributed by atoms with E-state index in [1.54, 1.807) is 0 Å². The maximum absolute atomic E-state index is 5.27. The molecule has 3 nitrogen and oxygen atoms in total. The van der Waals surface area contributed by atoms with Gasteiger partial charge in [-0.25, -0.2) is 15.0 Å². The summed E-state index contributed by atoms with van der Waals surface area (Å²) in [5, 5.41) is 4.54. The van der Waals surface area contributed by atoms with Crippen molar-refractivity contribution < 1.29 is 0 Å². The second kappa shape index (κ2) is 12.2. The highest BCUT2D eigenvalue weighted by Gasteiger charge is 2.37. The molecule has 250 valence electrons. The quantitative estimate of drug-likeness (QED) is 0.170. The zero-order chi connectivity index (χ0) is 35.5. The molecular formula is C50H35N3. The van der Waals surface area contributed by atoms with Crippen molar-refractivity contribution in [3.05, 3.63) is 187 Å². The van der Waals surface area contributed by atoms with Gasteiger partial charge in [-0.05, 0) is 72.1 Å². The first-order valence-electron chi connectivity index (χ1n) is 18.2. The predicted octanol–water partition coefficient (Wildman–Crippen LogP) is 12.8. The van der Waals surface area contributed by atoms with Gasteiger partial charge >= 0.3 is 0 Å². The van der Waals surface area contributed by atoms with Crippen LogP contribution in [0.15, 0.2) is 176 Å². The van der Waals surface area contributed by atoms with Crippen LogP contribution in [0.5, 0.6) is 0 Å². The lowest BCUT2D eigenvalue weighted by Gasteiger charge is -2.22. The molecule has 0 fully saturated rings. The molecule has 3 heteroatoms. The van der Waals surface area contributed by atoms with Crippen LogP contribution < -0.4 is 0 Å². The summed E-state index contributed by atoms with van der Waals surface area (Å²) in [5.41, 5.74) is 12.9. The van der Waals surface area contributed by atoms with Crippen molar-refractivity contribution in [3.63, 3.8) is 0 Å². The van der Waals surface area contributed by atoms with E-state index < -0.39 is 0 Å². The third kappa shape index (κ3) is 5.00. The molecule has 0 atom stereocenters. The van der Waals surface area contributed by atoms with Crippen LogP contribution in [0.1, 0.15) is 25.0 Å². The summed E-state index contributed by atoms with van der Waals surface area (Å²) < 4.78 is 0. The van der Waals surface area contributed by atoms with Gasteiger partial charge in [0.1, 0.15) is 0 Å². The molecule has 10 rings (SSSR count). The van der Waals surface area contributed by atoms with Gasteiger partial charge in [-0.15, -0.1) is 0 Å². The molecule has 0 amide bonds. The Bertz CT molecular complexity index is 2780. The van der Waals surface area contributed by atoms with Crippen LogP contribution in [0.4, 0.5) is 0 Å². The highest BCUT2D eigenvalue weighted by Crippen LogP contribution is 2.54. The lowest BCUT2D eigenvalue weighted by molar-refractivity contribution is 0.660. The monoisotopic (exact) mass is 677 g/mol. The fraction of sp³-hybridized carbons (Fsp3) is 0.0600. The van der Waals surface area contributed by atoms with Crippen molar-refractivity contribution in [1.29, 1.82) is 0 Å². The molecule has 1 aliphatic rings. The van der Waals surface area contributed by atoms with Gasteiger partial charge in [0.25, 0.3) is 0 Å². The highest BCUT2D eigenvalue weighted by molar-refractivity contribution is 6.22. The zero-order valence-electron chi connectivity index (χ0n) is 29.6. The van der Waals surface area contributed by atoms with E-state index in [0.717, 1.165) is 27.5 Å². The number of benzene rings is 8. The maximum Gasteiger partial charge on any atom is 0.165 e. The second-order valence-corrected chi connectivity index (χ2v) is 14.4. The Balaban J connectivity index is 1.34. The maximum atomic E-state index is 5.27. The van der Waals surface area contributed by atoms with Crippen LogP contribution in [0.2, 0.25) is 0 Å². The van der Waals surface area contributed by atoms with E-state index in [2.05, 4.69) is 153 Å². The summed E-state index contributed by atoms with van der Waals surface area (Å²) >= 11 is 0. The van der Waals surface area contributed by atoms with Gasteiger partial charge in [-0.2, -0.15) is 0 Å². The average molecular weight is 678 g/mol. The van der Waals surface area contributed by atoms with Crippen LogP contribution in [0, 0.1) is 0 Å². The first-order valence-corrected chi connectivity index (χ1v) is 18.2. The minimum atomic E-state index is -0.116. The van der Waals surface area contributed by atoms with Crippen LogP contribution in [-0.4, -0.2) is 15.0 Å². The van der Waals surface area contributed by atoms with Crippen molar-refractivity contribution in [2.24, 2.45) is 0 Å². The van der Waals surface area contributed by atoms with Gasteiger partial charge < -0.3 is 0 Å². The molecule has 53 heavy (non-hydrogen) atoms. The van der Waals surface area contributed by atoms with Gasteiger partial charge in [0.15, 0.2) is 17.5 Å². The van der Waals surface area contributed by atoms with E-state index in [9.17, 15) is 0 Å². The number of rotatable bonds is 5. The topological polar surface area (TPSA) is 38.7 Å². The number of fused-ring (bicyclic) bond motifs is 5. The molecule has 0 radical (unpaired) electrons. The third-order valence-corrected chi connectivity index (χ3v) is 10.9. The molecule has 0 N–H and O–H groups in total. The zero-order valence-corrected chi connectivity index (χ0v) is 29.6. The van der Waals surface area contributed by atoms with Crippen molar-refractivity contribution >= 4 is 21.5 Å². The fourth-order valence-electron chi connectivity index (χ4n) is 8.40. The normalized spacial score (nSPS) is 12.9. The molecule has 1 heterocycles. The lowest BCUT2D eigenvalue weighted by atomic mass is 9.81. The van der Waals surface area contributed by atoms with Crippen LogP contribution in [-0.2, 0) is 5.41 Å². The van der Waals surface area contributed by atoms with E-state index in [1.165, 1.54) is 55.3 Å². The molecule has 0 bridgehead atoms. The number of aromatic nitrogens is 3. The lowest BCUT2D eigenvalue weighted by Crippen LogP contribution is -2.14. The first kappa shape index (κ1) is 31.1. The molecule has 0 unspecified atom stereocenters. The number of nitrogens with zero attached hydrogens (tertiary/aromatic N) is 3. The Labute approximate surface area is 309 Å². The van der Waals surface area contributed by atoms with Gasteiger partial charge in [0, 0.05) is 22.1 Å². The van der Waals surface area contributed by atoms with Gasteiger partial charge in [0.2, 0.25) is 0 Å². The van der Waals surface area contributed by atoms with Crippen LogP contribution in [0.3, 0.4) is 0 Å². The Morgan fingerprint density at radius 1 is 0.321 bits per heavy atom. The molecule has 0 spiro atoms. The Kier molecular flexibility index (Phi) is 7.16. The predicted molar refractivity (Wildman–Crippen MR) is 220 cm³/mol. The van der Waals surface area contributed by atoms with Crippen molar-refractivity contribution in [2.75, 3.05) is 0 Å². The van der Waals surface area contributed by atoms with Gasteiger partial charge in [0.05, 0.1) is 0 Å². The number of hydrogen-bond acceptors (Lipinski definition) is 3. The summed E-state index contributed by atoms with van der Waals surface area (Å²) in [5.74, 6) is 1.95. The highest BCUT2D eigenvalue weighted by atomic mass is 15.0. The fourth-order valence-corrected chi connectivity index (χ4v) is 8.40. The Morgan fingerprint density at radius 2 is 0.811 bits per heavy atom. The standard InChI is InChI=1S/C50H35N3/c1-50(2)42-27-15-14-25-39(42)45-40(26-16-28-43(45)50)44-36-23-12-13-24-37(36)46(38-30-29-35(31-41(38)44)32-17-6-3-7-18-32)49-52-47(33-19-8-4-9-20-33)51-48(53-49)34-21-10-5-11-22-34/h3-31H,1-2H3. The largest absolute Gasteiger partial charge is 0.208 e. The van der Waals surface area contributed by atoms with Crippen molar-refractivity contribution in [1.82, 2.24) is 15.0 Å². The molecule has 8 aromatic carbocycles. The molecule has 0 saturated heterocycles. The molecule has 9 aromatic rings. The Hall–Kier alpha value is -6.71. The summed E-state index contributed by atoms with van der Waals surface area (Å²) in [4.78, 5) is 15.6. The first-order chi connectivity index (χ1) is 26.1. The van der Waals surface area contributed by atoms with E-state index in [-0.39, 0.29) is 5.41 Å². The smallest absolute Gasteiger partial charge is 0.165 e. The third-order valence-electron chi connectivity index (χ3n) is 10.9. The van der Waals surface area contributed by atoms with E-state index in [4.69, 9.17) is 15.0 Å². The molecule has 0 aliphatic heterocycles. The number of hydrogen-bond donors (Lipinski definition) is 0. The SMILES string of the molecule is CC1(C)c2ccccc2-c2c(-c3c4ccccc4c(-c4nc(-c5ccccc5)nc(-c5ccccc5)n4)c4ccc(-c5ccccc5)cc34)cccc21. The van der Waals surface area contributed by atoms with E-state index in [1.807, 2.05) is 36.4 Å². The Morgan fingerprint density at radius 3 is 1.47 bits per heavy atom. The van der Waals surface area contributed by atoms with Crippen LogP contribution >= 0.6 is 0 Å². The molecule has 1 aliphatic carbocycles.